The lowest BCUT2D eigenvalue weighted by Crippen LogP contribution is -2.34. The van der Waals surface area contributed by atoms with Gasteiger partial charge in [0.1, 0.15) is 6.54 Å². The summed E-state index contributed by atoms with van der Waals surface area (Å²) < 4.78 is 2.66. The number of hydrogen-bond acceptors (Lipinski definition) is 4. The SMILES string of the molecule is O=C(Cn1nc(-n2cccn2)ccc1=O)NCCc1ccccc1. The minimum atomic E-state index is -0.330. The molecule has 0 aliphatic heterocycles. The van der Waals surface area contributed by atoms with E-state index in [0.29, 0.717) is 12.4 Å². The second-order valence-corrected chi connectivity index (χ2v) is 5.22. The van der Waals surface area contributed by atoms with Crippen LogP contribution >= 0.6 is 0 Å². The van der Waals surface area contributed by atoms with Crippen LogP contribution in [0.2, 0.25) is 0 Å². The van der Waals surface area contributed by atoms with Crippen molar-refractivity contribution in [2.45, 2.75) is 13.0 Å². The molecule has 2 heterocycles. The first-order valence-corrected chi connectivity index (χ1v) is 7.61. The van der Waals surface area contributed by atoms with Gasteiger partial charge in [0.25, 0.3) is 5.56 Å². The number of nitrogens with one attached hydrogen (secondary N) is 1. The predicted molar refractivity (Wildman–Crippen MR) is 88.8 cm³/mol. The summed E-state index contributed by atoms with van der Waals surface area (Å²) in [5, 5.41) is 11.0. The maximum Gasteiger partial charge on any atom is 0.267 e. The van der Waals surface area contributed by atoms with Crippen LogP contribution in [0.5, 0.6) is 0 Å². The number of rotatable bonds is 6. The van der Waals surface area contributed by atoms with Crippen LogP contribution in [0.4, 0.5) is 0 Å². The van der Waals surface area contributed by atoms with E-state index in [9.17, 15) is 9.59 Å². The third-order valence-corrected chi connectivity index (χ3v) is 3.46. The molecule has 24 heavy (non-hydrogen) atoms. The summed E-state index contributed by atoms with van der Waals surface area (Å²) in [4.78, 5) is 23.9. The van der Waals surface area contributed by atoms with Crippen molar-refractivity contribution >= 4 is 5.91 Å². The third-order valence-electron chi connectivity index (χ3n) is 3.46. The Labute approximate surface area is 138 Å². The van der Waals surface area contributed by atoms with Gasteiger partial charge in [-0.25, -0.2) is 9.36 Å². The van der Waals surface area contributed by atoms with Gasteiger partial charge in [-0.3, -0.25) is 9.59 Å². The Morgan fingerprint density at radius 1 is 1.08 bits per heavy atom. The zero-order valence-electron chi connectivity index (χ0n) is 13.0. The first kappa shape index (κ1) is 15.7. The minimum Gasteiger partial charge on any atom is -0.354 e. The molecule has 0 bridgehead atoms. The molecule has 0 radical (unpaired) electrons. The van der Waals surface area contributed by atoms with Crippen molar-refractivity contribution in [1.82, 2.24) is 24.9 Å². The van der Waals surface area contributed by atoms with Crippen LogP contribution in [-0.2, 0) is 17.8 Å². The smallest absolute Gasteiger partial charge is 0.267 e. The minimum absolute atomic E-state index is 0.122. The van der Waals surface area contributed by atoms with Gasteiger partial charge in [-0.2, -0.15) is 5.10 Å². The van der Waals surface area contributed by atoms with Gasteiger partial charge in [-0.1, -0.05) is 30.3 Å². The average molecular weight is 323 g/mol. The van der Waals surface area contributed by atoms with E-state index < -0.39 is 0 Å². The highest BCUT2D eigenvalue weighted by molar-refractivity contribution is 5.75. The molecule has 0 aliphatic carbocycles. The van der Waals surface area contributed by atoms with E-state index in [1.54, 1.807) is 24.5 Å². The van der Waals surface area contributed by atoms with Crippen molar-refractivity contribution in [3.8, 4) is 5.82 Å². The molecular formula is C17H17N5O2. The van der Waals surface area contributed by atoms with Crippen LogP contribution < -0.4 is 10.9 Å². The fourth-order valence-electron chi connectivity index (χ4n) is 2.26. The second-order valence-electron chi connectivity index (χ2n) is 5.22. The molecule has 1 aromatic carbocycles. The van der Waals surface area contributed by atoms with Crippen LogP contribution in [0.15, 0.2) is 65.7 Å². The quantitative estimate of drug-likeness (QED) is 0.727. The Balaban J connectivity index is 1.60. The highest BCUT2D eigenvalue weighted by atomic mass is 16.2. The molecule has 0 atom stereocenters. The van der Waals surface area contributed by atoms with E-state index in [2.05, 4.69) is 15.5 Å². The number of aromatic nitrogens is 4. The molecular weight excluding hydrogens is 306 g/mol. The second kappa shape index (κ2) is 7.36. The van der Waals surface area contributed by atoms with Gasteiger partial charge in [-0.15, -0.1) is 5.10 Å². The highest BCUT2D eigenvalue weighted by Gasteiger charge is 2.07. The highest BCUT2D eigenvalue weighted by Crippen LogP contribution is 1.99. The van der Waals surface area contributed by atoms with Gasteiger partial charge in [0, 0.05) is 25.0 Å². The Bertz CT molecular complexity index is 856. The molecule has 1 N–H and O–H groups in total. The molecule has 1 amide bonds. The normalized spacial score (nSPS) is 10.5. The van der Waals surface area contributed by atoms with Gasteiger partial charge in [0.15, 0.2) is 5.82 Å². The largest absolute Gasteiger partial charge is 0.354 e. The topological polar surface area (TPSA) is 81.8 Å². The Morgan fingerprint density at radius 2 is 1.92 bits per heavy atom. The lowest BCUT2D eigenvalue weighted by atomic mass is 10.1. The summed E-state index contributed by atoms with van der Waals surface area (Å²) in [6, 6.07) is 14.6. The van der Waals surface area contributed by atoms with Crippen LogP contribution in [0.3, 0.4) is 0 Å². The van der Waals surface area contributed by atoms with Crippen LogP contribution in [0, 0.1) is 0 Å². The van der Waals surface area contributed by atoms with Crippen molar-refractivity contribution < 1.29 is 4.79 Å². The Morgan fingerprint density at radius 3 is 2.67 bits per heavy atom. The number of benzene rings is 1. The van der Waals surface area contributed by atoms with Gasteiger partial charge in [0.2, 0.25) is 5.91 Å². The van der Waals surface area contributed by atoms with E-state index >= 15 is 0 Å². The van der Waals surface area contributed by atoms with Crippen molar-refractivity contribution in [3.63, 3.8) is 0 Å². The molecule has 0 saturated carbocycles. The van der Waals surface area contributed by atoms with E-state index in [0.717, 1.165) is 16.7 Å². The van der Waals surface area contributed by atoms with E-state index in [4.69, 9.17) is 0 Å². The molecule has 7 nitrogen and oxygen atoms in total. The summed E-state index contributed by atoms with van der Waals surface area (Å²) in [6.45, 7) is 0.388. The first-order chi connectivity index (χ1) is 11.7. The van der Waals surface area contributed by atoms with Crippen molar-refractivity contribution in [3.05, 3.63) is 76.8 Å². The van der Waals surface area contributed by atoms with Gasteiger partial charge < -0.3 is 5.32 Å². The Hall–Kier alpha value is -3.22. The van der Waals surface area contributed by atoms with Crippen molar-refractivity contribution in [2.75, 3.05) is 6.54 Å². The molecule has 0 saturated heterocycles. The molecule has 122 valence electrons. The lowest BCUT2D eigenvalue weighted by molar-refractivity contribution is -0.121. The van der Waals surface area contributed by atoms with Crippen LogP contribution in [-0.4, -0.2) is 32.0 Å². The number of nitrogens with zero attached hydrogens (tertiary/aromatic N) is 4. The summed E-state index contributed by atoms with van der Waals surface area (Å²) in [5.41, 5.74) is 0.817. The molecule has 0 unspecified atom stereocenters. The van der Waals surface area contributed by atoms with Gasteiger partial charge in [0.05, 0.1) is 0 Å². The third kappa shape index (κ3) is 3.95. The number of amides is 1. The van der Waals surface area contributed by atoms with Gasteiger partial charge in [-0.05, 0) is 24.1 Å². The average Bonchev–Trinajstić information content (AvgIpc) is 3.12. The summed E-state index contributed by atoms with van der Waals surface area (Å²) in [7, 11) is 0. The maximum atomic E-state index is 12.0. The molecule has 0 fully saturated rings. The van der Waals surface area contributed by atoms with Crippen molar-refractivity contribution in [1.29, 1.82) is 0 Å². The van der Waals surface area contributed by atoms with Gasteiger partial charge >= 0.3 is 0 Å². The Kier molecular flexibility index (Phi) is 4.81. The van der Waals surface area contributed by atoms with Crippen LogP contribution in [0.25, 0.3) is 5.82 Å². The standard InChI is InChI=1S/C17H17N5O2/c23-16(18-11-9-14-5-2-1-3-6-14)13-22-17(24)8-7-15(20-22)21-12-4-10-19-21/h1-8,10,12H,9,11,13H2,(H,18,23). The van der Waals surface area contributed by atoms with E-state index in [-0.39, 0.29) is 18.0 Å². The summed E-state index contributed by atoms with van der Waals surface area (Å²) in [6.07, 6.45) is 4.08. The monoisotopic (exact) mass is 323 g/mol. The van der Waals surface area contributed by atoms with Crippen LogP contribution in [0.1, 0.15) is 5.56 Å². The summed E-state index contributed by atoms with van der Waals surface area (Å²) >= 11 is 0. The molecule has 2 aromatic heterocycles. The molecule has 3 rings (SSSR count). The first-order valence-electron chi connectivity index (χ1n) is 7.61. The molecule has 7 heteroatoms. The molecule has 3 aromatic rings. The lowest BCUT2D eigenvalue weighted by Gasteiger charge is -2.08. The zero-order valence-corrected chi connectivity index (χ0v) is 13.0. The fourth-order valence-corrected chi connectivity index (χ4v) is 2.26. The molecule has 0 aliphatic rings. The van der Waals surface area contributed by atoms with E-state index in [1.807, 2.05) is 30.3 Å². The molecule has 0 spiro atoms. The number of hydrogen-bond donors (Lipinski definition) is 1. The van der Waals surface area contributed by atoms with E-state index in [1.165, 1.54) is 10.7 Å². The predicted octanol–water partition coefficient (Wildman–Crippen LogP) is 0.788. The fraction of sp³-hybridized carbons (Fsp3) is 0.176. The van der Waals surface area contributed by atoms with Crippen molar-refractivity contribution in [2.24, 2.45) is 0 Å². The summed E-state index contributed by atoms with van der Waals surface area (Å²) in [5.74, 6) is 0.231. The zero-order chi connectivity index (χ0) is 16.8. The maximum absolute atomic E-state index is 12.0. The number of carbonyl (C=O) groups is 1. The number of carbonyl (C=O) groups excluding carboxylic acids is 1.